The molecule has 0 atom stereocenters. The van der Waals surface area contributed by atoms with Crippen LogP contribution in [-0.2, 0) is 4.74 Å². The lowest BCUT2D eigenvalue weighted by atomic mass is 9.89. The van der Waals surface area contributed by atoms with E-state index < -0.39 is 0 Å². The summed E-state index contributed by atoms with van der Waals surface area (Å²) >= 11 is 1.29. The molecule has 106 valence electrons. The summed E-state index contributed by atoms with van der Waals surface area (Å²) in [5.41, 5.74) is 6.31. The first kappa shape index (κ1) is 13.3. The van der Waals surface area contributed by atoms with Gasteiger partial charge in [-0.1, -0.05) is 0 Å². The van der Waals surface area contributed by atoms with Gasteiger partial charge in [-0.25, -0.2) is 4.39 Å². The Bertz CT molecular complexity index is 664. The highest BCUT2D eigenvalue weighted by Gasteiger charge is 2.31. The van der Waals surface area contributed by atoms with E-state index in [4.69, 9.17) is 10.5 Å². The molecule has 1 aromatic carbocycles. The van der Waals surface area contributed by atoms with E-state index in [-0.39, 0.29) is 23.9 Å². The molecular weight excluding hydrogens is 279 g/mol. The van der Waals surface area contributed by atoms with Crippen molar-refractivity contribution in [1.82, 2.24) is 5.32 Å². The largest absolute Gasteiger partial charge is 0.397 e. The Morgan fingerprint density at radius 3 is 2.95 bits per heavy atom. The van der Waals surface area contributed by atoms with Crippen molar-refractivity contribution in [2.75, 3.05) is 12.8 Å². The molecule has 3 rings (SSSR count). The Morgan fingerprint density at radius 2 is 2.25 bits per heavy atom. The molecule has 1 fully saturated rings. The number of anilines is 1. The maximum Gasteiger partial charge on any atom is 0.263 e. The molecule has 0 saturated heterocycles. The van der Waals surface area contributed by atoms with Crippen molar-refractivity contribution >= 4 is 33.0 Å². The van der Waals surface area contributed by atoms with Crippen molar-refractivity contribution in [3.8, 4) is 0 Å². The average molecular weight is 294 g/mol. The van der Waals surface area contributed by atoms with Gasteiger partial charge in [-0.3, -0.25) is 4.79 Å². The van der Waals surface area contributed by atoms with Crippen molar-refractivity contribution < 1.29 is 13.9 Å². The van der Waals surface area contributed by atoms with Crippen LogP contribution >= 0.6 is 11.3 Å². The third-order valence-electron chi connectivity index (χ3n) is 3.66. The molecule has 3 N–H and O–H groups in total. The quantitative estimate of drug-likeness (QED) is 0.914. The number of ether oxygens (including phenoxy) is 1. The molecular formula is C14H15FN2O2S. The van der Waals surface area contributed by atoms with Crippen LogP contribution in [0.4, 0.5) is 10.1 Å². The Balaban J connectivity index is 1.80. The van der Waals surface area contributed by atoms with Gasteiger partial charge in [0.25, 0.3) is 5.91 Å². The van der Waals surface area contributed by atoms with Crippen LogP contribution in [0.15, 0.2) is 18.2 Å². The van der Waals surface area contributed by atoms with Crippen LogP contribution in [0.3, 0.4) is 0 Å². The number of hydrogen-bond acceptors (Lipinski definition) is 4. The van der Waals surface area contributed by atoms with Crippen LogP contribution in [0.5, 0.6) is 0 Å². The summed E-state index contributed by atoms with van der Waals surface area (Å²) in [6.45, 7) is 0. The number of halogens is 1. The molecule has 1 aromatic heterocycles. The lowest BCUT2D eigenvalue weighted by Gasteiger charge is -2.34. The van der Waals surface area contributed by atoms with Gasteiger partial charge < -0.3 is 15.8 Å². The van der Waals surface area contributed by atoms with Gasteiger partial charge in [-0.15, -0.1) is 11.3 Å². The van der Waals surface area contributed by atoms with E-state index in [1.54, 1.807) is 13.2 Å². The Hall–Kier alpha value is -1.66. The predicted octanol–water partition coefficient (Wildman–Crippen LogP) is 2.53. The SMILES string of the molecule is COC1CC(NC(=O)c2sc3ccc(F)cc3c2N)C1. The number of fused-ring (bicyclic) bond motifs is 1. The Kier molecular flexibility index (Phi) is 3.35. The molecule has 1 saturated carbocycles. The number of nitrogen functional groups attached to an aromatic ring is 1. The molecule has 1 aliphatic rings. The minimum absolute atomic E-state index is 0.133. The molecule has 1 amide bonds. The van der Waals surface area contributed by atoms with E-state index in [1.165, 1.54) is 23.5 Å². The molecule has 0 unspecified atom stereocenters. The van der Waals surface area contributed by atoms with E-state index in [2.05, 4.69) is 5.32 Å². The third-order valence-corrected chi connectivity index (χ3v) is 4.84. The molecule has 20 heavy (non-hydrogen) atoms. The average Bonchev–Trinajstić information content (AvgIpc) is 2.70. The van der Waals surface area contributed by atoms with E-state index in [0.29, 0.717) is 16.0 Å². The second-order valence-electron chi connectivity index (χ2n) is 4.98. The number of nitrogens with one attached hydrogen (secondary N) is 1. The van der Waals surface area contributed by atoms with Gasteiger partial charge in [0, 0.05) is 23.2 Å². The number of carbonyl (C=O) groups is 1. The number of carbonyl (C=O) groups excluding carboxylic acids is 1. The van der Waals surface area contributed by atoms with E-state index in [0.717, 1.165) is 17.5 Å². The van der Waals surface area contributed by atoms with Crippen LogP contribution in [0.25, 0.3) is 10.1 Å². The predicted molar refractivity (Wildman–Crippen MR) is 77.5 cm³/mol. The molecule has 0 radical (unpaired) electrons. The maximum absolute atomic E-state index is 13.2. The van der Waals surface area contributed by atoms with Crippen molar-refractivity contribution in [2.24, 2.45) is 0 Å². The summed E-state index contributed by atoms with van der Waals surface area (Å²) in [5, 5.41) is 3.53. The summed E-state index contributed by atoms with van der Waals surface area (Å²) in [5.74, 6) is -0.542. The van der Waals surface area contributed by atoms with Crippen LogP contribution in [0, 0.1) is 5.82 Å². The monoisotopic (exact) mass is 294 g/mol. The lowest BCUT2D eigenvalue weighted by molar-refractivity contribution is 0.0177. The van der Waals surface area contributed by atoms with Crippen molar-refractivity contribution in [3.05, 3.63) is 28.9 Å². The smallest absolute Gasteiger partial charge is 0.263 e. The standard InChI is InChI=1S/C14H15FN2O2S/c1-19-9-5-8(6-9)17-14(18)13-12(16)10-4-7(15)2-3-11(10)20-13/h2-4,8-9H,5-6,16H2,1H3,(H,17,18). The first-order chi connectivity index (χ1) is 9.58. The fourth-order valence-corrected chi connectivity index (χ4v) is 3.39. The fraction of sp³-hybridized carbons (Fsp3) is 0.357. The van der Waals surface area contributed by atoms with Crippen LogP contribution < -0.4 is 11.1 Å². The molecule has 2 aromatic rings. The minimum atomic E-state index is -0.351. The second-order valence-corrected chi connectivity index (χ2v) is 6.04. The highest BCUT2D eigenvalue weighted by Crippen LogP contribution is 2.34. The molecule has 0 bridgehead atoms. The zero-order valence-electron chi connectivity index (χ0n) is 11.0. The highest BCUT2D eigenvalue weighted by atomic mass is 32.1. The number of nitrogens with two attached hydrogens (primary N) is 1. The maximum atomic E-state index is 13.2. The van der Waals surface area contributed by atoms with Crippen LogP contribution in [0.1, 0.15) is 22.5 Å². The van der Waals surface area contributed by atoms with Crippen molar-refractivity contribution in [1.29, 1.82) is 0 Å². The summed E-state index contributed by atoms with van der Waals surface area (Å²) in [7, 11) is 1.67. The zero-order chi connectivity index (χ0) is 14.3. The number of benzene rings is 1. The zero-order valence-corrected chi connectivity index (χ0v) is 11.8. The van der Waals surface area contributed by atoms with Gasteiger partial charge in [-0.2, -0.15) is 0 Å². The molecule has 4 nitrogen and oxygen atoms in total. The number of hydrogen-bond donors (Lipinski definition) is 2. The minimum Gasteiger partial charge on any atom is -0.397 e. The summed E-state index contributed by atoms with van der Waals surface area (Å²) in [4.78, 5) is 12.7. The van der Waals surface area contributed by atoms with Gasteiger partial charge in [0.1, 0.15) is 10.7 Å². The highest BCUT2D eigenvalue weighted by molar-refractivity contribution is 7.21. The summed E-state index contributed by atoms with van der Waals surface area (Å²) in [6.07, 6.45) is 1.87. The number of amides is 1. The molecule has 1 aliphatic carbocycles. The summed E-state index contributed by atoms with van der Waals surface area (Å²) < 4.78 is 19.2. The molecule has 1 heterocycles. The lowest BCUT2D eigenvalue weighted by Crippen LogP contribution is -2.47. The Morgan fingerprint density at radius 1 is 1.50 bits per heavy atom. The number of rotatable bonds is 3. The van der Waals surface area contributed by atoms with Gasteiger partial charge in [-0.05, 0) is 31.0 Å². The van der Waals surface area contributed by atoms with Gasteiger partial charge in [0.05, 0.1) is 11.8 Å². The van der Waals surface area contributed by atoms with Crippen molar-refractivity contribution in [2.45, 2.75) is 25.0 Å². The Labute approximate surface area is 119 Å². The topological polar surface area (TPSA) is 64.3 Å². The second kappa shape index (κ2) is 5.03. The fourth-order valence-electron chi connectivity index (χ4n) is 2.38. The normalized spacial score (nSPS) is 21.7. The molecule has 0 aliphatic heterocycles. The van der Waals surface area contributed by atoms with Crippen LogP contribution in [0.2, 0.25) is 0 Å². The molecule has 6 heteroatoms. The van der Waals surface area contributed by atoms with Gasteiger partial charge in [0.2, 0.25) is 0 Å². The van der Waals surface area contributed by atoms with E-state index in [9.17, 15) is 9.18 Å². The van der Waals surface area contributed by atoms with Crippen LogP contribution in [-0.4, -0.2) is 25.2 Å². The molecule has 0 spiro atoms. The van der Waals surface area contributed by atoms with Gasteiger partial charge in [0.15, 0.2) is 0 Å². The van der Waals surface area contributed by atoms with Gasteiger partial charge >= 0.3 is 0 Å². The number of methoxy groups -OCH3 is 1. The number of thiophene rings is 1. The van der Waals surface area contributed by atoms with Crippen molar-refractivity contribution in [3.63, 3.8) is 0 Å². The first-order valence-corrected chi connectivity index (χ1v) is 7.21. The van der Waals surface area contributed by atoms with E-state index >= 15 is 0 Å². The first-order valence-electron chi connectivity index (χ1n) is 6.39. The third kappa shape index (κ3) is 2.25. The summed E-state index contributed by atoms with van der Waals surface area (Å²) in [6, 6.07) is 4.51. The van der Waals surface area contributed by atoms with E-state index in [1.807, 2.05) is 0 Å².